The smallest absolute Gasteiger partial charge is 0.191 e. The van der Waals surface area contributed by atoms with Crippen LogP contribution in [0.25, 0.3) is 0 Å². The van der Waals surface area contributed by atoms with Crippen LogP contribution in [0.4, 0.5) is 0 Å². The molecule has 1 aromatic carbocycles. The van der Waals surface area contributed by atoms with E-state index in [2.05, 4.69) is 0 Å². The van der Waals surface area contributed by atoms with Gasteiger partial charge in [0.05, 0.1) is 6.26 Å². The summed E-state index contributed by atoms with van der Waals surface area (Å²) in [6, 6.07) is 9.34. The Hall–Kier alpha value is -1.87. The zero-order valence-corrected chi connectivity index (χ0v) is 11.5. The van der Waals surface area contributed by atoms with Crippen LogP contribution >= 0.6 is 0 Å². The van der Waals surface area contributed by atoms with E-state index < -0.39 is 6.10 Å². The highest BCUT2D eigenvalue weighted by atomic mass is 16.5. The van der Waals surface area contributed by atoms with Crippen molar-refractivity contribution in [2.45, 2.75) is 33.5 Å². The van der Waals surface area contributed by atoms with Gasteiger partial charge < -0.3 is 9.15 Å². The SMILES string of the molecule is Cc1ccc(C(=O)C(C)OCc2ccco2)cc1C. The first-order valence-electron chi connectivity index (χ1n) is 6.33. The highest BCUT2D eigenvalue weighted by Gasteiger charge is 2.16. The fraction of sp³-hybridized carbons (Fsp3) is 0.312. The van der Waals surface area contributed by atoms with Gasteiger partial charge in [0.2, 0.25) is 0 Å². The van der Waals surface area contributed by atoms with E-state index in [1.54, 1.807) is 19.3 Å². The van der Waals surface area contributed by atoms with Crippen LogP contribution in [0.2, 0.25) is 0 Å². The summed E-state index contributed by atoms with van der Waals surface area (Å²) in [6.07, 6.45) is 1.11. The molecule has 0 aliphatic heterocycles. The van der Waals surface area contributed by atoms with Gasteiger partial charge in [0.1, 0.15) is 18.5 Å². The van der Waals surface area contributed by atoms with Crippen LogP contribution in [0.1, 0.15) is 34.2 Å². The number of Topliss-reactive ketones (excluding diaryl/α,β-unsaturated/α-hetero) is 1. The lowest BCUT2D eigenvalue weighted by Gasteiger charge is -2.12. The maximum absolute atomic E-state index is 12.2. The maximum Gasteiger partial charge on any atom is 0.191 e. The van der Waals surface area contributed by atoms with Crippen molar-refractivity contribution in [2.24, 2.45) is 0 Å². The average Bonchev–Trinajstić information content (AvgIpc) is 2.91. The number of aryl methyl sites for hydroxylation is 2. The molecule has 0 spiro atoms. The van der Waals surface area contributed by atoms with Gasteiger partial charge in [-0.2, -0.15) is 0 Å². The van der Waals surface area contributed by atoms with E-state index in [-0.39, 0.29) is 5.78 Å². The lowest BCUT2D eigenvalue weighted by Crippen LogP contribution is -2.20. The number of rotatable bonds is 5. The number of carbonyl (C=O) groups is 1. The molecule has 1 unspecified atom stereocenters. The van der Waals surface area contributed by atoms with Gasteiger partial charge in [0.25, 0.3) is 0 Å². The molecular formula is C16H18O3. The van der Waals surface area contributed by atoms with Crippen molar-refractivity contribution in [3.05, 3.63) is 59.0 Å². The highest BCUT2D eigenvalue weighted by molar-refractivity contribution is 5.99. The monoisotopic (exact) mass is 258 g/mol. The minimum Gasteiger partial charge on any atom is -0.467 e. The predicted molar refractivity (Wildman–Crippen MR) is 73.2 cm³/mol. The molecule has 1 atom stereocenters. The van der Waals surface area contributed by atoms with Crippen molar-refractivity contribution >= 4 is 5.78 Å². The largest absolute Gasteiger partial charge is 0.467 e. The van der Waals surface area contributed by atoms with Crippen LogP contribution in [-0.2, 0) is 11.3 Å². The molecule has 2 aromatic rings. The second-order valence-electron chi connectivity index (χ2n) is 4.70. The van der Waals surface area contributed by atoms with Crippen molar-refractivity contribution < 1.29 is 13.9 Å². The van der Waals surface area contributed by atoms with Gasteiger partial charge in [0.15, 0.2) is 5.78 Å². The summed E-state index contributed by atoms with van der Waals surface area (Å²) >= 11 is 0. The van der Waals surface area contributed by atoms with E-state index in [9.17, 15) is 4.79 Å². The van der Waals surface area contributed by atoms with Crippen molar-refractivity contribution in [1.29, 1.82) is 0 Å². The van der Waals surface area contributed by atoms with Gasteiger partial charge in [-0.05, 0) is 50.1 Å². The highest BCUT2D eigenvalue weighted by Crippen LogP contribution is 2.14. The van der Waals surface area contributed by atoms with E-state index in [4.69, 9.17) is 9.15 Å². The van der Waals surface area contributed by atoms with Crippen LogP contribution < -0.4 is 0 Å². The van der Waals surface area contributed by atoms with Gasteiger partial charge in [-0.3, -0.25) is 4.79 Å². The van der Waals surface area contributed by atoms with Crippen LogP contribution in [0, 0.1) is 13.8 Å². The molecular weight excluding hydrogens is 240 g/mol. The molecule has 1 aromatic heterocycles. The Kier molecular flexibility index (Phi) is 4.17. The van der Waals surface area contributed by atoms with E-state index in [1.807, 2.05) is 38.1 Å². The first kappa shape index (κ1) is 13.6. The maximum atomic E-state index is 12.2. The molecule has 3 nitrogen and oxygen atoms in total. The number of furan rings is 1. The van der Waals surface area contributed by atoms with Gasteiger partial charge >= 0.3 is 0 Å². The normalized spacial score (nSPS) is 12.4. The Morgan fingerprint density at radius 1 is 1.26 bits per heavy atom. The summed E-state index contributed by atoms with van der Waals surface area (Å²) < 4.78 is 10.7. The molecule has 3 heteroatoms. The second-order valence-corrected chi connectivity index (χ2v) is 4.70. The number of carbonyl (C=O) groups excluding carboxylic acids is 1. The Labute approximate surface area is 113 Å². The molecule has 0 bridgehead atoms. The van der Waals surface area contributed by atoms with Crippen molar-refractivity contribution in [3.63, 3.8) is 0 Å². The van der Waals surface area contributed by atoms with Gasteiger partial charge in [-0.15, -0.1) is 0 Å². The van der Waals surface area contributed by atoms with Crippen LogP contribution in [0.15, 0.2) is 41.0 Å². The molecule has 0 fully saturated rings. The molecule has 1 heterocycles. The zero-order valence-electron chi connectivity index (χ0n) is 11.5. The number of hydrogen-bond acceptors (Lipinski definition) is 3. The Bertz CT molecular complexity index is 555. The summed E-state index contributed by atoms with van der Waals surface area (Å²) in [7, 11) is 0. The van der Waals surface area contributed by atoms with Crippen LogP contribution in [-0.4, -0.2) is 11.9 Å². The van der Waals surface area contributed by atoms with E-state index >= 15 is 0 Å². The Balaban J connectivity index is 2.00. The Morgan fingerprint density at radius 2 is 2.05 bits per heavy atom. The molecule has 0 amide bonds. The van der Waals surface area contributed by atoms with E-state index in [1.165, 1.54) is 5.56 Å². The molecule has 0 aliphatic rings. The predicted octanol–water partition coefficient (Wildman–Crippen LogP) is 3.68. The second kappa shape index (κ2) is 5.85. The van der Waals surface area contributed by atoms with E-state index in [0.717, 1.165) is 11.3 Å². The minimum atomic E-state index is -0.479. The van der Waals surface area contributed by atoms with Gasteiger partial charge in [-0.25, -0.2) is 0 Å². The Morgan fingerprint density at radius 3 is 2.68 bits per heavy atom. The number of ketones is 1. The van der Waals surface area contributed by atoms with E-state index in [0.29, 0.717) is 12.2 Å². The molecule has 2 rings (SSSR count). The zero-order chi connectivity index (χ0) is 13.8. The summed E-state index contributed by atoms with van der Waals surface area (Å²) in [5, 5.41) is 0. The average molecular weight is 258 g/mol. The molecule has 0 radical (unpaired) electrons. The first-order chi connectivity index (χ1) is 9.08. The fourth-order valence-corrected chi connectivity index (χ4v) is 1.81. The van der Waals surface area contributed by atoms with Crippen LogP contribution in [0.3, 0.4) is 0 Å². The minimum absolute atomic E-state index is 0.00495. The molecule has 19 heavy (non-hydrogen) atoms. The molecule has 0 aliphatic carbocycles. The standard InChI is InChI=1S/C16H18O3/c1-11-6-7-14(9-12(11)2)16(17)13(3)19-10-15-5-4-8-18-15/h4-9,13H,10H2,1-3H3. The molecule has 0 saturated heterocycles. The van der Waals surface area contributed by atoms with Crippen molar-refractivity contribution in [3.8, 4) is 0 Å². The number of hydrogen-bond donors (Lipinski definition) is 0. The fourth-order valence-electron chi connectivity index (χ4n) is 1.81. The quantitative estimate of drug-likeness (QED) is 0.768. The molecule has 0 N–H and O–H groups in total. The molecule has 0 saturated carbocycles. The number of benzene rings is 1. The molecule has 100 valence electrons. The van der Waals surface area contributed by atoms with Crippen LogP contribution in [0.5, 0.6) is 0 Å². The van der Waals surface area contributed by atoms with Crippen molar-refractivity contribution in [2.75, 3.05) is 0 Å². The number of ether oxygens (including phenoxy) is 1. The van der Waals surface area contributed by atoms with Crippen molar-refractivity contribution in [1.82, 2.24) is 0 Å². The summed E-state index contributed by atoms with van der Waals surface area (Å²) in [6.45, 7) is 6.10. The summed E-state index contributed by atoms with van der Waals surface area (Å²) in [5.74, 6) is 0.717. The van der Waals surface area contributed by atoms with Gasteiger partial charge in [-0.1, -0.05) is 12.1 Å². The lowest BCUT2D eigenvalue weighted by molar-refractivity contribution is 0.0357. The topological polar surface area (TPSA) is 39.4 Å². The lowest BCUT2D eigenvalue weighted by atomic mass is 10.0. The van der Waals surface area contributed by atoms with Gasteiger partial charge in [0, 0.05) is 5.56 Å². The summed E-state index contributed by atoms with van der Waals surface area (Å²) in [4.78, 5) is 12.2. The first-order valence-corrected chi connectivity index (χ1v) is 6.33. The third-order valence-electron chi connectivity index (χ3n) is 3.22. The third kappa shape index (κ3) is 3.32. The third-order valence-corrected chi connectivity index (χ3v) is 3.22. The summed E-state index contributed by atoms with van der Waals surface area (Å²) in [5.41, 5.74) is 2.99.